The molecule has 0 aliphatic carbocycles. The van der Waals surface area contributed by atoms with Crippen LogP contribution in [0.5, 0.6) is 5.75 Å². The fourth-order valence-corrected chi connectivity index (χ4v) is 2.13. The summed E-state index contributed by atoms with van der Waals surface area (Å²) in [6.07, 6.45) is 3.68. The first kappa shape index (κ1) is 14.2. The van der Waals surface area contributed by atoms with E-state index in [1.165, 1.54) is 0 Å². The topological polar surface area (TPSA) is 54.3 Å². The van der Waals surface area contributed by atoms with Gasteiger partial charge in [0.2, 0.25) is 0 Å². The zero-order chi connectivity index (χ0) is 14.4. The minimum absolute atomic E-state index is 0.0396. The molecular weight excluding hydrogens is 252 g/mol. The van der Waals surface area contributed by atoms with Crippen molar-refractivity contribution in [3.63, 3.8) is 0 Å². The largest absolute Gasteiger partial charge is 0.508 e. The molecule has 0 aliphatic rings. The van der Waals surface area contributed by atoms with Crippen LogP contribution in [-0.4, -0.2) is 22.1 Å². The van der Waals surface area contributed by atoms with Crippen LogP contribution in [0, 0.1) is 0 Å². The summed E-state index contributed by atoms with van der Waals surface area (Å²) in [4.78, 5) is 12.1. The Bertz CT molecular complexity index is 558. The predicted molar refractivity (Wildman–Crippen MR) is 78.9 cm³/mol. The maximum Gasteiger partial charge on any atom is 0.267 e. The summed E-state index contributed by atoms with van der Waals surface area (Å²) < 4.78 is 1.97. The normalized spacial score (nSPS) is 10.4. The lowest BCUT2D eigenvalue weighted by Crippen LogP contribution is -2.27. The van der Waals surface area contributed by atoms with Gasteiger partial charge < -0.3 is 15.0 Å². The third-order valence-corrected chi connectivity index (χ3v) is 3.16. The Balaban J connectivity index is 1.85. The molecule has 1 heterocycles. The molecule has 0 radical (unpaired) electrons. The Hall–Kier alpha value is -2.23. The van der Waals surface area contributed by atoms with Crippen molar-refractivity contribution in [3.8, 4) is 5.75 Å². The van der Waals surface area contributed by atoms with Gasteiger partial charge in [0.15, 0.2) is 0 Å². The van der Waals surface area contributed by atoms with Gasteiger partial charge in [-0.05, 0) is 42.7 Å². The van der Waals surface area contributed by atoms with Gasteiger partial charge in [-0.25, -0.2) is 0 Å². The van der Waals surface area contributed by atoms with Crippen LogP contribution in [0.2, 0.25) is 0 Å². The maximum absolute atomic E-state index is 12.1. The monoisotopic (exact) mass is 272 g/mol. The van der Waals surface area contributed by atoms with Crippen molar-refractivity contribution in [1.29, 1.82) is 0 Å². The molecule has 0 saturated carbocycles. The lowest BCUT2D eigenvalue weighted by atomic mass is 10.1. The lowest BCUT2D eigenvalue weighted by molar-refractivity contribution is 0.0944. The van der Waals surface area contributed by atoms with Crippen LogP contribution in [0.3, 0.4) is 0 Å². The molecule has 2 rings (SSSR count). The third-order valence-electron chi connectivity index (χ3n) is 3.16. The van der Waals surface area contributed by atoms with E-state index in [9.17, 15) is 9.90 Å². The molecule has 0 unspecified atom stereocenters. The van der Waals surface area contributed by atoms with Gasteiger partial charge in [0.25, 0.3) is 5.91 Å². The number of nitrogens with one attached hydrogen (secondary N) is 1. The average molecular weight is 272 g/mol. The van der Waals surface area contributed by atoms with Gasteiger partial charge >= 0.3 is 0 Å². The number of amides is 1. The van der Waals surface area contributed by atoms with E-state index < -0.39 is 0 Å². The zero-order valence-electron chi connectivity index (χ0n) is 11.7. The summed E-state index contributed by atoms with van der Waals surface area (Å²) >= 11 is 0. The highest BCUT2D eigenvalue weighted by Gasteiger charge is 2.09. The smallest absolute Gasteiger partial charge is 0.267 e. The molecule has 0 aliphatic heterocycles. The highest BCUT2D eigenvalue weighted by atomic mass is 16.3. The van der Waals surface area contributed by atoms with Gasteiger partial charge in [-0.1, -0.05) is 19.1 Å². The molecule has 0 fully saturated rings. The minimum Gasteiger partial charge on any atom is -0.508 e. The van der Waals surface area contributed by atoms with Gasteiger partial charge in [0.05, 0.1) is 0 Å². The first-order valence-corrected chi connectivity index (χ1v) is 6.92. The quantitative estimate of drug-likeness (QED) is 0.849. The van der Waals surface area contributed by atoms with Gasteiger partial charge in [0.1, 0.15) is 11.4 Å². The van der Waals surface area contributed by atoms with Gasteiger partial charge in [0, 0.05) is 19.3 Å². The zero-order valence-corrected chi connectivity index (χ0v) is 11.7. The van der Waals surface area contributed by atoms with E-state index in [2.05, 4.69) is 12.2 Å². The second-order valence-corrected chi connectivity index (χ2v) is 4.76. The SMILES string of the molecule is CCCn1cccc1C(=O)NCCc1ccc(O)cc1. The van der Waals surface area contributed by atoms with Crippen molar-refractivity contribution in [2.24, 2.45) is 0 Å². The lowest BCUT2D eigenvalue weighted by Gasteiger charge is -2.09. The van der Waals surface area contributed by atoms with E-state index in [-0.39, 0.29) is 11.7 Å². The van der Waals surface area contributed by atoms with Gasteiger partial charge in [-0.15, -0.1) is 0 Å². The first-order chi connectivity index (χ1) is 9.70. The summed E-state index contributed by atoms with van der Waals surface area (Å²) in [6, 6.07) is 10.8. The molecular formula is C16H20N2O2. The average Bonchev–Trinajstić information content (AvgIpc) is 2.90. The van der Waals surface area contributed by atoms with E-state index in [1.54, 1.807) is 12.1 Å². The molecule has 2 N–H and O–H groups in total. The van der Waals surface area contributed by atoms with E-state index in [0.29, 0.717) is 12.2 Å². The van der Waals surface area contributed by atoms with Crippen LogP contribution in [0.1, 0.15) is 29.4 Å². The Kier molecular flexibility index (Phi) is 4.82. The Morgan fingerprint density at radius 2 is 2.00 bits per heavy atom. The molecule has 106 valence electrons. The Labute approximate surface area is 119 Å². The van der Waals surface area contributed by atoms with Crippen LogP contribution >= 0.6 is 0 Å². The van der Waals surface area contributed by atoms with Gasteiger partial charge in [-0.3, -0.25) is 4.79 Å². The number of aromatic hydroxyl groups is 1. The number of aromatic nitrogens is 1. The fraction of sp³-hybridized carbons (Fsp3) is 0.312. The van der Waals surface area contributed by atoms with Crippen molar-refractivity contribution in [2.45, 2.75) is 26.3 Å². The number of carbonyl (C=O) groups is 1. The molecule has 4 heteroatoms. The van der Waals surface area contributed by atoms with Crippen LogP contribution < -0.4 is 5.32 Å². The van der Waals surface area contributed by atoms with Crippen molar-refractivity contribution >= 4 is 5.91 Å². The molecule has 2 aromatic rings. The summed E-state index contributed by atoms with van der Waals surface area (Å²) in [6.45, 7) is 3.53. The second-order valence-electron chi connectivity index (χ2n) is 4.76. The standard InChI is InChI=1S/C16H20N2O2/c1-2-11-18-12-3-4-15(18)16(20)17-10-9-13-5-7-14(19)8-6-13/h3-8,12,19H,2,9-11H2,1H3,(H,17,20). The summed E-state index contributed by atoms with van der Waals surface area (Å²) in [5.74, 6) is 0.220. The predicted octanol–water partition coefficient (Wildman–Crippen LogP) is 2.58. The number of nitrogens with zero attached hydrogens (tertiary/aromatic N) is 1. The molecule has 20 heavy (non-hydrogen) atoms. The molecule has 1 amide bonds. The molecule has 1 aromatic carbocycles. The van der Waals surface area contributed by atoms with E-state index in [0.717, 1.165) is 24.9 Å². The number of phenolic OH excluding ortho intramolecular Hbond substituents is 1. The molecule has 1 aromatic heterocycles. The molecule has 0 saturated heterocycles. The molecule has 0 spiro atoms. The highest BCUT2D eigenvalue weighted by Crippen LogP contribution is 2.09. The second kappa shape index (κ2) is 6.80. The van der Waals surface area contributed by atoms with E-state index in [4.69, 9.17) is 0 Å². The summed E-state index contributed by atoms with van der Waals surface area (Å²) in [5, 5.41) is 12.1. The van der Waals surface area contributed by atoms with Crippen molar-refractivity contribution in [2.75, 3.05) is 6.54 Å². The number of hydrogen-bond acceptors (Lipinski definition) is 2. The van der Waals surface area contributed by atoms with Crippen LogP contribution in [0.4, 0.5) is 0 Å². The van der Waals surface area contributed by atoms with Crippen LogP contribution in [0.25, 0.3) is 0 Å². The van der Waals surface area contributed by atoms with Crippen molar-refractivity contribution < 1.29 is 9.90 Å². The van der Waals surface area contributed by atoms with E-state index >= 15 is 0 Å². The number of aryl methyl sites for hydroxylation is 1. The van der Waals surface area contributed by atoms with Gasteiger partial charge in [-0.2, -0.15) is 0 Å². The summed E-state index contributed by atoms with van der Waals surface area (Å²) in [5.41, 5.74) is 1.80. The van der Waals surface area contributed by atoms with Crippen LogP contribution in [0.15, 0.2) is 42.6 Å². The number of benzene rings is 1. The summed E-state index contributed by atoms with van der Waals surface area (Å²) in [7, 11) is 0. The fourth-order valence-electron chi connectivity index (χ4n) is 2.13. The Morgan fingerprint density at radius 1 is 1.25 bits per heavy atom. The Morgan fingerprint density at radius 3 is 2.70 bits per heavy atom. The molecule has 0 bridgehead atoms. The maximum atomic E-state index is 12.1. The van der Waals surface area contributed by atoms with E-state index in [1.807, 2.05) is 35.0 Å². The first-order valence-electron chi connectivity index (χ1n) is 6.92. The third kappa shape index (κ3) is 3.63. The number of hydrogen-bond donors (Lipinski definition) is 2. The minimum atomic E-state index is -0.0396. The number of phenols is 1. The van der Waals surface area contributed by atoms with Crippen LogP contribution in [-0.2, 0) is 13.0 Å². The van der Waals surface area contributed by atoms with Crippen molar-refractivity contribution in [1.82, 2.24) is 9.88 Å². The number of carbonyl (C=O) groups excluding carboxylic acids is 1. The van der Waals surface area contributed by atoms with Crippen molar-refractivity contribution in [3.05, 3.63) is 53.9 Å². The highest BCUT2D eigenvalue weighted by molar-refractivity contribution is 5.92. The number of rotatable bonds is 6. The molecule has 0 atom stereocenters. The molecule has 4 nitrogen and oxygen atoms in total.